The summed E-state index contributed by atoms with van der Waals surface area (Å²) in [7, 11) is 0. The molecule has 2 fully saturated rings. The highest BCUT2D eigenvalue weighted by molar-refractivity contribution is 5.33. The van der Waals surface area contributed by atoms with Crippen molar-refractivity contribution in [1.29, 1.82) is 0 Å². The Bertz CT molecular complexity index is 906. The number of benzene rings is 2. The van der Waals surface area contributed by atoms with Gasteiger partial charge in [-0.15, -0.1) is 0 Å². The van der Waals surface area contributed by atoms with Gasteiger partial charge in [0.25, 0.3) is 0 Å². The second-order valence-corrected chi connectivity index (χ2v) is 10.4. The number of halogens is 2. The summed E-state index contributed by atoms with van der Waals surface area (Å²) in [6, 6.07) is 12.7. The van der Waals surface area contributed by atoms with E-state index < -0.39 is 17.6 Å². The normalized spacial score (nSPS) is 23.9. The van der Waals surface area contributed by atoms with Crippen molar-refractivity contribution in [1.82, 2.24) is 9.80 Å². The van der Waals surface area contributed by atoms with Crippen LogP contribution in [0.4, 0.5) is 8.78 Å². The van der Waals surface area contributed by atoms with Gasteiger partial charge in [-0.05, 0) is 62.6 Å². The Morgan fingerprint density at radius 2 is 1.43 bits per heavy atom. The molecule has 2 aromatic carbocycles. The van der Waals surface area contributed by atoms with Crippen LogP contribution in [-0.2, 0) is 14.2 Å². The zero-order valence-corrected chi connectivity index (χ0v) is 20.8. The lowest BCUT2D eigenvalue weighted by molar-refractivity contribution is -0.248. The lowest BCUT2D eigenvalue weighted by Crippen LogP contribution is -2.53. The number of hydrogen-bond donors (Lipinski definition) is 1. The smallest absolute Gasteiger partial charge is 0.216 e. The van der Waals surface area contributed by atoms with Gasteiger partial charge in [0.15, 0.2) is 0 Å². The fraction of sp³-hybridized carbons (Fsp3) is 0.556. The van der Waals surface area contributed by atoms with Crippen LogP contribution in [-0.4, -0.2) is 78.5 Å². The molecule has 8 heteroatoms. The molecule has 192 valence electrons. The fourth-order valence-electron chi connectivity index (χ4n) is 4.92. The monoisotopic (exact) mass is 490 g/mol. The van der Waals surface area contributed by atoms with Gasteiger partial charge in [-0.3, -0.25) is 9.80 Å². The molecular weight excluding hydrogens is 454 g/mol. The SMILES string of the molecule is CC(C)(C)OC(O)N1CCOCCOC2(CCN(C(c3ccc(F)cc3)c3ccc(F)cc3)C2)C1. The van der Waals surface area contributed by atoms with E-state index in [0.29, 0.717) is 39.5 Å². The Balaban J connectivity index is 1.60. The molecule has 1 spiro atoms. The molecule has 1 N–H and O–H groups in total. The van der Waals surface area contributed by atoms with E-state index in [1.54, 1.807) is 24.3 Å². The van der Waals surface area contributed by atoms with E-state index in [1.807, 2.05) is 25.7 Å². The molecule has 2 atom stereocenters. The maximum atomic E-state index is 13.7. The van der Waals surface area contributed by atoms with Crippen LogP contribution in [0.2, 0.25) is 0 Å². The Morgan fingerprint density at radius 3 is 2.00 bits per heavy atom. The minimum Gasteiger partial charge on any atom is -0.378 e. The van der Waals surface area contributed by atoms with Crippen molar-refractivity contribution in [3.8, 4) is 0 Å². The minimum absolute atomic E-state index is 0.188. The lowest BCUT2D eigenvalue weighted by atomic mass is 9.96. The summed E-state index contributed by atoms with van der Waals surface area (Å²) >= 11 is 0. The fourth-order valence-corrected chi connectivity index (χ4v) is 4.92. The van der Waals surface area contributed by atoms with E-state index in [-0.39, 0.29) is 17.7 Å². The molecule has 2 unspecified atom stereocenters. The summed E-state index contributed by atoms with van der Waals surface area (Å²) < 4.78 is 45.3. The molecule has 2 aliphatic heterocycles. The topological polar surface area (TPSA) is 54.4 Å². The summed E-state index contributed by atoms with van der Waals surface area (Å²) in [5, 5.41) is 10.9. The van der Waals surface area contributed by atoms with Gasteiger partial charge in [0.2, 0.25) is 6.41 Å². The third-order valence-corrected chi connectivity index (χ3v) is 6.50. The summed E-state index contributed by atoms with van der Waals surface area (Å²) in [6.45, 7) is 9.43. The van der Waals surface area contributed by atoms with Crippen molar-refractivity contribution >= 4 is 0 Å². The Hall–Kier alpha value is -1.94. The van der Waals surface area contributed by atoms with Gasteiger partial charge in [0.05, 0.1) is 37.1 Å². The molecular formula is C27H36F2N2O4. The zero-order valence-electron chi connectivity index (χ0n) is 20.8. The first-order valence-electron chi connectivity index (χ1n) is 12.2. The van der Waals surface area contributed by atoms with Crippen molar-refractivity contribution in [2.45, 2.75) is 50.8 Å². The quantitative estimate of drug-likeness (QED) is 0.641. The van der Waals surface area contributed by atoms with Crippen LogP contribution >= 0.6 is 0 Å². The first-order chi connectivity index (χ1) is 16.6. The van der Waals surface area contributed by atoms with Gasteiger partial charge in [-0.25, -0.2) is 8.78 Å². The van der Waals surface area contributed by atoms with Crippen molar-refractivity contribution in [2.75, 3.05) is 46.0 Å². The third-order valence-electron chi connectivity index (χ3n) is 6.50. The van der Waals surface area contributed by atoms with Gasteiger partial charge in [0, 0.05) is 26.2 Å². The predicted molar refractivity (Wildman–Crippen MR) is 129 cm³/mol. The van der Waals surface area contributed by atoms with E-state index in [9.17, 15) is 13.9 Å². The highest BCUT2D eigenvalue weighted by Gasteiger charge is 2.44. The second-order valence-electron chi connectivity index (χ2n) is 10.4. The Kier molecular flexibility index (Phi) is 8.20. The number of aliphatic hydroxyl groups excluding tert-OH is 1. The maximum Gasteiger partial charge on any atom is 0.216 e. The standard InChI is InChI=1S/C27H36F2N2O4/c1-26(2,3)35-25(32)31-14-15-33-16-17-34-27(19-31)12-13-30(18-27)24(20-4-8-22(28)9-5-20)21-6-10-23(29)11-7-21/h4-11,24-25,32H,12-19H2,1-3H3. The van der Waals surface area contributed by atoms with E-state index in [0.717, 1.165) is 24.1 Å². The number of hydrogen-bond acceptors (Lipinski definition) is 6. The molecule has 0 radical (unpaired) electrons. The molecule has 0 bridgehead atoms. The largest absolute Gasteiger partial charge is 0.378 e. The van der Waals surface area contributed by atoms with Gasteiger partial charge in [-0.1, -0.05) is 24.3 Å². The van der Waals surface area contributed by atoms with Gasteiger partial charge in [-0.2, -0.15) is 0 Å². The van der Waals surface area contributed by atoms with Crippen LogP contribution in [0.15, 0.2) is 48.5 Å². The molecule has 2 heterocycles. The van der Waals surface area contributed by atoms with Crippen LogP contribution in [0.5, 0.6) is 0 Å². The van der Waals surface area contributed by atoms with E-state index in [2.05, 4.69) is 4.90 Å². The number of ether oxygens (including phenoxy) is 3. The van der Waals surface area contributed by atoms with Crippen LogP contribution < -0.4 is 0 Å². The summed E-state index contributed by atoms with van der Waals surface area (Å²) in [5.41, 5.74) is 0.794. The average molecular weight is 491 g/mol. The molecule has 2 aliphatic rings. The van der Waals surface area contributed by atoms with E-state index in [1.165, 1.54) is 24.3 Å². The van der Waals surface area contributed by atoms with Crippen molar-refractivity contribution in [3.63, 3.8) is 0 Å². The Morgan fingerprint density at radius 1 is 0.857 bits per heavy atom. The molecule has 0 aromatic heterocycles. The minimum atomic E-state index is -1.09. The summed E-state index contributed by atoms with van der Waals surface area (Å²) in [4.78, 5) is 4.15. The summed E-state index contributed by atoms with van der Waals surface area (Å²) in [5.74, 6) is -0.597. The van der Waals surface area contributed by atoms with Crippen molar-refractivity contribution in [3.05, 3.63) is 71.3 Å². The second kappa shape index (κ2) is 11.0. The molecule has 4 rings (SSSR count). The molecule has 0 amide bonds. The number of rotatable bonds is 5. The predicted octanol–water partition coefficient (Wildman–Crippen LogP) is 3.94. The number of likely N-dealkylation sites (tertiary alicyclic amines) is 1. The lowest BCUT2D eigenvalue weighted by Gasteiger charge is -2.39. The van der Waals surface area contributed by atoms with Crippen molar-refractivity contribution in [2.24, 2.45) is 0 Å². The molecule has 35 heavy (non-hydrogen) atoms. The van der Waals surface area contributed by atoms with Crippen molar-refractivity contribution < 1.29 is 28.1 Å². The Labute approximate surface area is 206 Å². The first-order valence-corrected chi connectivity index (χ1v) is 12.2. The number of aliphatic hydroxyl groups is 1. The molecule has 2 aromatic rings. The zero-order chi connectivity index (χ0) is 25.1. The molecule has 2 saturated heterocycles. The maximum absolute atomic E-state index is 13.7. The van der Waals surface area contributed by atoms with Crippen LogP contribution in [0, 0.1) is 11.6 Å². The number of nitrogens with zero attached hydrogens (tertiary/aromatic N) is 2. The van der Waals surface area contributed by atoms with Crippen LogP contribution in [0.1, 0.15) is 44.4 Å². The van der Waals surface area contributed by atoms with E-state index in [4.69, 9.17) is 14.2 Å². The average Bonchev–Trinajstić information content (AvgIpc) is 3.24. The molecule has 0 saturated carbocycles. The molecule has 6 nitrogen and oxygen atoms in total. The third kappa shape index (κ3) is 6.84. The summed E-state index contributed by atoms with van der Waals surface area (Å²) in [6.07, 6.45) is -0.346. The van der Waals surface area contributed by atoms with Gasteiger partial charge < -0.3 is 19.3 Å². The first kappa shape index (κ1) is 26.1. The highest BCUT2D eigenvalue weighted by atomic mass is 19.1. The van der Waals surface area contributed by atoms with Gasteiger partial charge in [0.1, 0.15) is 11.6 Å². The van der Waals surface area contributed by atoms with Crippen LogP contribution in [0.3, 0.4) is 0 Å². The van der Waals surface area contributed by atoms with E-state index >= 15 is 0 Å². The van der Waals surface area contributed by atoms with Crippen LogP contribution in [0.25, 0.3) is 0 Å². The highest BCUT2D eigenvalue weighted by Crippen LogP contribution is 2.37. The van der Waals surface area contributed by atoms with Gasteiger partial charge >= 0.3 is 0 Å². The molecule has 0 aliphatic carbocycles.